The number of halogens is 1. The highest BCUT2D eigenvalue weighted by molar-refractivity contribution is 9.10. The number of hydrogen-bond acceptors (Lipinski definition) is 2. The molecule has 110 valence electrons. The van der Waals surface area contributed by atoms with E-state index in [1.54, 1.807) is 0 Å². The summed E-state index contributed by atoms with van der Waals surface area (Å²) < 4.78 is 5.09. The van der Waals surface area contributed by atoms with Crippen LogP contribution in [0.1, 0.15) is 43.8 Å². The Balaban J connectivity index is 2.21. The summed E-state index contributed by atoms with van der Waals surface area (Å²) in [5, 5.41) is 14.6. The first-order valence-corrected chi connectivity index (χ1v) is 7.77. The van der Waals surface area contributed by atoms with Gasteiger partial charge in [0.1, 0.15) is 0 Å². The third kappa shape index (κ3) is 2.99. The molecule has 2 rings (SSSR count). The molecule has 1 N–H and O–H groups in total. The number of aryl methyl sites for hydroxylation is 2. The fraction of sp³-hybridized carbons (Fsp3) is 0.533. The van der Waals surface area contributed by atoms with Crippen molar-refractivity contribution in [3.63, 3.8) is 0 Å². The third-order valence-electron chi connectivity index (χ3n) is 3.58. The molecule has 0 aliphatic carbocycles. The van der Waals surface area contributed by atoms with Crippen molar-refractivity contribution in [3.05, 3.63) is 39.9 Å². The predicted octanol–water partition coefficient (Wildman–Crippen LogP) is 3.28. The number of nitrogens with zero attached hydrogens (tertiary/aromatic N) is 3. The highest BCUT2D eigenvalue weighted by Crippen LogP contribution is 2.25. The van der Waals surface area contributed by atoms with Crippen molar-refractivity contribution in [3.8, 4) is 0 Å². The van der Waals surface area contributed by atoms with E-state index in [0.29, 0.717) is 0 Å². The summed E-state index contributed by atoms with van der Waals surface area (Å²) >= 11 is 3.63. The Kier molecular flexibility index (Phi) is 4.70. The molecule has 0 radical (unpaired) electrons. The van der Waals surface area contributed by atoms with Crippen LogP contribution >= 0.6 is 15.9 Å². The van der Waals surface area contributed by atoms with Gasteiger partial charge in [0, 0.05) is 19.4 Å². The molecule has 0 aliphatic rings. The summed E-state index contributed by atoms with van der Waals surface area (Å²) in [6.45, 7) is 6.89. The van der Waals surface area contributed by atoms with Crippen LogP contribution < -0.4 is 0 Å². The number of hydrogen-bond donors (Lipinski definition) is 1. The van der Waals surface area contributed by atoms with Gasteiger partial charge in [-0.25, -0.2) is 0 Å². The molecular weight excluding hydrogens is 318 g/mol. The van der Waals surface area contributed by atoms with Crippen molar-refractivity contribution in [2.24, 2.45) is 13.0 Å². The van der Waals surface area contributed by atoms with Gasteiger partial charge < -0.3 is 9.67 Å². The van der Waals surface area contributed by atoms with Gasteiger partial charge in [-0.2, -0.15) is 5.10 Å². The Bertz CT molecular complexity index is 586. The Hall–Kier alpha value is -1.07. The first kappa shape index (κ1) is 15.3. The Morgan fingerprint density at radius 1 is 1.40 bits per heavy atom. The van der Waals surface area contributed by atoms with E-state index in [2.05, 4.69) is 32.5 Å². The van der Waals surface area contributed by atoms with Crippen LogP contribution in [-0.2, 0) is 20.0 Å². The molecule has 2 aromatic rings. The molecule has 5 heteroatoms. The van der Waals surface area contributed by atoms with Gasteiger partial charge in [0.15, 0.2) is 0 Å². The minimum atomic E-state index is -0.405. The topological polar surface area (TPSA) is 43.0 Å². The van der Waals surface area contributed by atoms with Crippen LogP contribution in [0.5, 0.6) is 0 Å². The minimum Gasteiger partial charge on any atom is -0.388 e. The van der Waals surface area contributed by atoms with Crippen molar-refractivity contribution in [1.29, 1.82) is 0 Å². The van der Waals surface area contributed by atoms with Crippen LogP contribution in [0.4, 0.5) is 0 Å². The highest BCUT2D eigenvalue weighted by Gasteiger charge is 2.15. The number of aliphatic hydroxyl groups excluding tert-OH is 1. The molecule has 0 aromatic carbocycles. The zero-order valence-electron chi connectivity index (χ0n) is 12.5. The molecule has 0 saturated heterocycles. The molecule has 0 bridgehead atoms. The number of rotatable bonds is 5. The van der Waals surface area contributed by atoms with Crippen LogP contribution in [0.3, 0.4) is 0 Å². The molecular formula is C15H22BrN3O. The second kappa shape index (κ2) is 6.14. The standard InChI is InChI=1S/C15H22BrN3O/c1-5-12-14(16)13(18(4)17-12)9-19-7-6-11(8-19)15(20)10(2)3/h6-8,10,15,20H,5,9H2,1-4H3. The number of aromatic nitrogens is 3. The van der Waals surface area contributed by atoms with Crippen LogP contribution in [0.25, 0.3) is 0 Å². The molecule has 0 amide bonds. The van der Waals surface area contributed by atoms with E-state index in [0.717, 1.165) is 34.4 Å². The average Bonchev–Trinajstić information content (AvgIpc) is 2.97. The first-order valence-electron chi connectivity index (χ1n) is 6.98. The SMILES string of the molecule is CCc1nn(C)c(Cn2ccc(C(O)C(C)C)c2)c1Br. The van der Waals surface area contributed by atoms with E-state index in [9.17, 15) is 5.11 Å². The summed E-state index contributed by atoms with van der Waals surface area (Å²) in [6, 6.07) is 1.98. The Labute approximate surface area is 128 Å². The van der Waals surface area contributed by atoms with Crippen LogP contribution in [-0.4, -0.2) is 19.5 Å². The third-order valence-corrected chi connectivity index (χ3v) is 4.50. The average molecular weight is 340 g/mol. The monoisotopic (exact) mass is 339 g/mol. The van der Waals surface area contributed by atoms with Crippen molar-refractivity contribution in [2.45, 2.75) is 39.8 Å². The molecule has 1 unspecified atom stereocenters. The molecule has 0 aliphatic heterocycles. The summed E-state index contributed by atoms with van der Waals surface area (Å²) in [5.74, 6) is 0.223. The number of aliphatic hydroxyl groups is 1. The predicted molar refractivity (Wildman–Crippen MR) is 83.6 cm³/mol. The summed E-state index contributed by atoms with van der Waals surface area (Å²) in [4.78, 5) is 0. The molecule has 20 heavy (non-hydrogen) atoms. The molecule has 2 heterocycles. The van der Waals surface area contributed by atoms with E-state index < -0.39 is 6.10 Å². The van der Waals surface area contributed by atoms with Gasteiger partial charge in [-0.15, -0.1) is 0 Å². The minimum absolute atomic E-state index is 0.223. The maximum Gasteiger partial charge on any atom is 0.0827 e. The Morgan fingerprint density at radius 3 is 2.65 bits per heavy atom. The lowest BCUT2D eigenvalue weighted by atomic mass is 10.0. The van der Waals surface area contributed by atoms with Crippen molar-refractivity contribution in [1.82, 2.24) is 14.3 Å². The maximum absolute atomic E-state index is 10.1. The summed E-state index contributed by atoms with van der Waals surface area (Å²) in [6.07, 6.45) is 4.52. The van der Waals surface area contributed by atoms with Crippen molar-refractivity contribution in [2.75, 3.05) is 0 Å². The summed E-state index contributed by atoms with van der Waals surface area (Å²) in [7, 11) is 1.96. The maximum atomic E-state index is 10.1. The van der Waals surface area contributed by atoms with Gasteiger partial charge in [0.25, 0.3) is 0 Å². The van der Waals surface area contributed by atoms with Crippen molar-refractivity contribution >= 4 is 15.9 Å². The van der Waals surface area contributed by atoms with Gasteiger partial charge in [0.05, 0.1) is 28.5 Å². The van der Waals surface area contributed by atoms with Crippen LogP contribution in [0.2, 0.25) is 0 Å². The fourth-order valence-corrected chi connectivity index (χ4v) is 3.02. The first-order chi connectivity index (χ1) is 9.43. The van der Waals surface area contributed by atoms with Crippen LogP contribution in [0.15, 0.2) is 22.9 Å². The fourth-order valence-electron chi connectivity index (χ4n) is 2.28. The van der Waals surface area contributed by atoms with Crippen molar-refractivity contribution < 1.29 is 5.11 Å². The highest BCUT2D eigenvalue weighted by atomic mass is 79.9. The molecule has 1 atom stereocenters. The lowest BCUT2D eigenvalue weighted by Gasteiger charge is -2.12. The largest absolute Gasteiger partial charge is 0.388 e. The molecule has 0 spiro atoms. The molecule has 0 saturated carbocycles. The van der Waals surface area contributed by atoms with E-state index in [1.165, 1.54) is 0 Å². The smallest absolute Gasteiger partial charge is 0.0827 e. The zero-order valence-corrected chi connectivity index (χ0v) is 14.1. The quantitative estimate of drug-likeness (QED) is 0.908. The van der Waals surface area contributed by atoms with E-state index in [1.807, 2.05) is 44.0 Å². The lowest BCUT2D eigenvalue weighted by molar-refractivity contribution is 0.127. The van der Waals surface area contributed by atoms with Gasteiger partial charge in [-0.05, 0) is 39.9 Å². The van der Waals surface area contributed by atoms with Gasteiger partial charge in [-0.1, -0.05) is 20.8 Å². The molecule has 0 fully saturated rings. The lowest BCUT2D eigenvalue weighted by Crippen LogP contribution is -2.06. The van der Waals surface area contributed by atoms with Gasteiger partial charge >= 0.3 is 0 Å². The Morgan fingerprint density at radius 2 is 2.10 bits per heavy atom. The van der Waals surface area contributed by atoms with Gasteiger partial charge in [0.2, 0.25) is 0 Å². The second-order valence-electron chi connectivity index (χ2n) is 5.49. The molecule has 2 aromatic heterocycles. The van der Waals surface area contributed by atoms with E-state index in [-0.39, 0.29) is 5.92 Å². The van der Waals surface area contributed by atoms with E-state index in [4.69, 9.17) is 0 Å². The van der Waals surface area contributed by atoms with Crippen LogP contribution in [0, 0.1) is 5.92 Å². The van der Waals surface area contributed by atoms with Gasteiger partial charge in [-0.3, -0.25) is 4.68 Å². The normalized spacial score (nSPS) is 13.2. The van der Waals surface area contributed by atoms with E-state index >= 15 is 0 Å². The second-order valence-corrected chi connectivity index (χ2v) is 6.28. The molecule has 4 nitrogen and oxygen atoms in total. The zero-order chi connectivity index (χ0) is 14.9. The summed E-state index contributed by atoms with van der Waals surface area (Å²) in [5.41, 5.74) is 3.19.